The van der Waals surface area contributed by atoms with Gasteiger partial charge in [0.15, 0.2) is 0 Å². The number of urea groups is 1. The zero-order chi connectivity index (χ0) is 20.0. The molecule has 4 heterocycles. The van der Waals surface area contributed by atoms with E-state index in [1.54, 1.807) is 18.0 Å². The van der Waals surface area contributed by atoms with Crippen LogP contribution in [-0.4, -0.2) is 64.1 Å². The summed E-state index contributed by atoms with van der Waals surface area (Å²) in [5, 5.41) is 7.16. The number of hydrogen-bond acceptors (Lipinski definition) is 5. The lowest BCUT2D eigenvalue weighted by molar-refractivity contribution is -0.135. The highest BCUT2D eigenvalue weighted by molar-refractivity contribution is 5.98. The van der Waals surface area contributed by atoms with Gasteiger partial charge in [0.25, 0.3) is 0 Å². The number of H-pyrrole nitrogens is 1. The molecule has 29 heavy (non-hydrogen) atoms. The SMILES string of the molecule is COc1ccc(-c2cnn(C)c2)c2nc(NC(=O)N3CCC4(CC3)COC4)[nH]c12. The minimum Gasteiger partial charge on any atom is -0.494 e. The van der Waals surface area contributed by atoms with E-state index in [0.717, 1.165) is 61.3 Å². The van der Waals surface area contributed by atoms with Gasteiger partial charge < -0.3 is 19.4 Å². The number of methoxy groups -OCH3 is 1. The van der Waals surface area contributed by atoms with E-state index in [-0.39, 0.29) is 6.03 Å². The summed E-state index contributed by atoms with van der Waals surface area (Å²) in [5.74, 6) is 1.08. The van der Waals surface area contributed by atoms with Crippen molar-refractivity contribution in [1.29, 1.82) is 0 Å². The largest absolute Gasteiger partial charge is 0.494 e. The van der Waals surface area contributed by atoms with Gasteiger partial charge in [0.2, 0.25) is 5.95 Å². The van der Waals surface area contributed by atoms with E-state index >= 15 is 0 Å². The molecule has 2 fully saturated rings. The number of rotatable bonds is 3. The summed E-state index contributed by atoms with van der Waals surface area (Å²) in [7, 11) is 3.49. The van der Waals surface area contributed by atoms with Crippen LogP contribution >= 0.6 is 0 Å². The Morgan fingerprint density at radius 3 is 2.72 bits per heavy atom. The van der Waals surface area contributed by atoms with Crippen LogP contribution in [0.1, 0.15) is 12.8 Å². The summed E-state index contributed by atoms with van der Waals surface area (Å²) in [6.45, 7) is 3.12. The zero-order valence-corrected chi connectivity index (χ0v) is 16.6. The van der Waals surface area contributed by atoms with E-state index in [4.69, 9.17) is 9.47 Å². The predicted molar refractivity (Wildman–Crippen MR) is 108 cm³/mol. The molecule has 1 aromatic carbocycles. The summed E-state index contributed by atoms with van der Waals surface area (Å²) in [6, 6.07) is 3.70. The Balaban J connectivity index is 1.39. The first-order chi connectivity index (χ1) is 14.1. The van der Waals surface area contributed by atoms with Gasteiger partial charge in [0, 0.05) is 42.9 Å². The van der Waals surface area contributed by atoms with Crippen molar-refractivity contribution >= 4 is 23.0 Å². The van der Waals surface area contributed by atoms with Crippen LogP contribution in [0.2, 0.25) is 0 Å². The van der Waals surface area contributed by atoms with Gasteiger partial charge in [0.1, 0.15) is 16.8 Å². The molecule has 2 amide bonds. The van der Waals surface area contributed by atoms with E-state index < -0.39 is 0 Å². The molecule has 2 aliphatic heterocycles. The molecule has 1 spiro atoms. The fourth-order valence-corrected chi connectivity index (χ4v) is 4.13. The molecule has 9 heteroatoms. The Hall–Kier alpha value is -3.07. The summed E-state index contributed by atoms with van der Waals surface area (Å²) >= 11 is 0. The van der Waals surface area contributed by atoms with E-state index in [1.165, 1.54) is 0 Å². The number of likely N-dealkylation sites (tertiary alicyclic amines) is 1. The van der Waals surface area contributed by atoms with E-state index in [0.29, 0.717) is 17.1 Å². The van der Waals surface area contributed by atoms with Gasteiger partial charge in [-0.1, -0.05) is 0 Å². The van der Waals surface area contributed by atoms with E-state index in [9.17, 15) is 4.79 Å². The number of carbonyl (C=O) groups is 1. The van der Waals surface area contributed by atoms with Crippen LogP contribution in [0.5, 0.6) is 5.75 Å². The Morgan fingerprint density at radius 1 is 1.31 bits per heavy atom. The number of aromatic amines is 1. The van der Waals surface area contributed by atoms with Crippen molar-refractivity contribution in [2.75, 3.05) is 38.7 Å². The second kappa shape index (κ2) is 6.77. The molecule has 2 aromatic heterocycles. The second-order valence-corrected chi connectivity index (χ2v) is 7.94. The summed E-state index contributed by atoms with van der Waals surface area (Å²) in [6.07, 6.45) is 5.70. The Kier molecular flexibility index (Phi) is 4.20. The van der Waals surface area contributed by atoms with Crippen molar-refractivity contribution in [2.24, 2.45) is 12.5 Å². The lowest BCUT2D eigenvalue weighted by Gasteiger charge is -2.47. The number of aromatic nitrogens is 4. The molecule has 0 saturated carbocycles. The molecular formula is C20H24N6O3. The molecule has 0 atom stereocenters. The lowest BCUT2D eigenvalue weighted by Crippen LogP contribution is -2.52. The first kappa shape index (κ1) is 18.0. The minimum atomic E-state index is -0.138. The molecular weight excluding hydrogens is 372 g/mol. The van der Waals surface area contributed by atoms with Crippen molar-refractivity contribution in [2.45, 2.75) is 12.8 Å². The quantitative estimate of drug-likeness (QED) is 0.709. The smallest absolute Gasteiger partial charge is 0.324 e. The molecule has 2 aliphatic rings. The topological polar surface area (TPSA) is 97.3 Å². The monoisotopic (exact) mass is 396 g/mol. The van der Waals surface area contributed by atoms with Gasteiger partial charge in [0.05, 0.1) is 26.5 Å². The van der Waals surface area contributed by atoms with Crippen molar-refractivity contribution in [3.63, 3.8) is 0 Å². The number of amides is 2. The Labute approximate surface area is 168 Å². The van der Waals surface area contributed by atoms with Crippen molar-refractivity contribution in [3.8, 4) is 16.9 Å². The third-order valence-corrected chi connectivity index (χ3v) is 6.00. The van der Waals surface area contributed by atoms with Crippen molar-refractivity contribution < 1.29 is 14.3 Å². The van der Waals surface area contributed by atoms with Crippen LogP contribution in [0.3, 0.4) is 0 Å². The lowest BCUT2D eigenvalue weighted by atomic mass is 9.77. The van der Waals surface area contributed by atoms with Gasteiger partial charge in [-0.05, 0) is 25.0 Å². The predicted octanol–water partition coefficient (Wildman–Crippen LogP) is 2.62. The number of aryl methyl sites for hydroxylation is 1. The highest BCUT2D eigenvalue weighted by atomic mass is 16.5. The molecule has 152 valence electrons. The van der Waals surface area contributed by atoms with Gasteiger partial charge in [-0.25, -0.2) is 9.78 Å². The molecule has 3 aromatic rings. The maximum atomic E-state index is 12.8. The third kappa shape index (κ3) is 3.11. The molecule has 2 N–H and O–H groups in total. The van der Waals surface area contributed by atoms with Crippen LogP contribution < -0.4 is 10.1 Å². The molecule has 0 aliphatic carbocycles. The number of imidazole rings is 1. The standard InChI is InChI=1S/C20H24N6O3/c1-25-10-13(9-21-25)14-3-4-15(28-2)17-16(14)22-18(23-17)24-19(27)26-7-5-20(6-8-26)11-29-12-20/h3-4,9-10H,5-8,11-12H2,1-2H3,(H2,22,23,24,27). The van der Waals surface area contributed by atoms with Gasteiger partial charge in [-0.3, -0.25) is 10.00 Å². The van der Waals surface area contributed by atoms with Gasteiger partial charge in [-0.2, -0.15) is 5.10 Å². The number of nitrogens with zero attached hydrogens (tertiary/aromatic N) is 4. The number of ether oxygens (including phenoxy) is 2. The maximum Gasteiger partial charge on any atom is 0.324 e. The molecule has 9 nitrogen and oxygen atoms in total. The van der Waals surface area contributed by atoms with Crippen LogP contribution in [0.15, 0.2) is 24.5 Å². The Morgan fingerprint density at radius 2 is 2.10 bits per heavy atom. The average Bonchev–Trinajstić information content (AvgIpc) is 3.32. The zero-order valence-electron chi connectivity index (χ0n) is 16.6. The van der Waals surface area contributed by atoms with Crippen LogP contribution in [-0.2, 0) is 11.8 Å². The first-order valence-corrected chi connectivity index (χ1v) is 9.76. The number of nitrogens with one attached hydrogen (secondary N) is 2. The fourth-order valence-electron chi connectivity index (χ4n) is 4.13. The number of benzene rings is 1. The van der Waals surface area contributed by atoms with E-state index in [2.05, 4.69) is 20.4 Å². The summed E-state index contributed by atoms with van der Waals surface area (Å²) in [5.41, 5.74) is 3.65. The summed E-state index contributed by atoms with van der Waals surface area (Å²) in [4.78, 5) is 22.4. The van der Waals surface area contributed by atoms with Crippen LogP contribution in [0.25, 0.3) is 22.2 Å². The maximum absolute atomic E-state index is 12.8. The van der Waals surface area contributed by atoms with Crippen molar-refractivity contribution in [1.82, 2.24) is 24.6 Å². The second-order valence-electron chi connectivity index (χ2n) is 7.94. The van der Waals surface area contributed by atoms with E-state index in [1.807, 2.05) is 30.3 Å². The number of carbonyl (C=O) groups excluding carboxylic acids is 1. The van der Waals surface area contributed by atoms with Crippen molar-refractivity contribution in [3.05, 3.63) is 24.5 Å². The number of hydrogen-bond donors (Lipinski definition) is 2. The number of anilines is 1. The van der Waals surface area contributed by atoms with Gasteiger partial charge >= 0.3 is 6.03 Å². The van der Waals surface area contributed by atoms with Gasteiger partial charge in [-0.15, -0.1) is 0 Å². The fraction of sp³-hybridized carbons (Fsp3) is 0.450. The molecule has 2 saturated heterocycles. The number of fused-ring (bicyclic) bond motifs is 1. The highest BCUT2D eigenvalue weighted by Crippen LogP contribution is 2.38. The molecule has 0 unspecified atom stereocenters. The van der Waals surface area contributed by atoms with Crippen LogP contribution in [0, 0.1) is 5.41 Å². The average molecular weight is 396 g/mol. The Bertz CT molecular complexity index is 1060. The summed E-state index contributed by atoms with van der Waals surface area (Å²) < 4.78 is 12.6. The highest BCUT2D eigenvalue weighted by Gasteiger charge is 2.42. The minimum absolute atomic E-state index is 0.138. The van der Waals surface area contributed by atoms with Crippen LogP contribution in [0.4, 0.5) is 10.7 Å². The molecule has 0 bridgehead atoms. The number of piperidine rings is 1. The third-order valence-electron chi connectivity index (χ3n) is 6.00. The first-order valence-electron chi connectivity index (χ1n) is 9.76. The molecule has 0 radical (unpaired) electrons. The molecule has 5 rings (SSSR count). The normalized spacial score (nSPS) is 18.1.